The molecule has 12 heavy (non-hydrogen) atoms. The first-order chi connectivity index (χ1) is 5.60. The van der Waals surface area contributed by atoms with E-state index in [0.29, 0.717) is 6.42 Å². The van der Waals surface area contributed by atoms with Crippen LogP contribution in [-0.4, -0.2) is 12.1 Å². The van der Waals surface area contributed by atoms with Crippen molar-refractivity contribution in [3.05, 3.63) is 11.6 Å². The normalized spacial score (nSPS) is 40.3. The fourth-order valence-corrected chi connectivity index (χ4v) is 2.05. The molecular weight excluding hydrogens is 152 g/mol. The van der Waals surface area contributed by atoms with Crippen molar-refractivity contribution >= 4 is 5.97 Å². The van der Waals surface area contributed by atoms with Crippen LogP contribution in [0.1, 0.15) is 33.1 Å². The average Bonchev–Trinajstić information content (AvgIpc) is 2.24. The van der Waals surface area contributed by atoms with Crippen molar-refractivity contribution in [2.75, 3.05) is 0 Å². The largest absolute Gasteiger partial charge is 0.457 e. The van der Waals surface area contributed by atoms with E-state index < -0.39 is 0 Å². The van der Waals surface area contributed by atoms with Crippen molar-refractivity contribution in [2.24, 2.45) is 5.41 Å². The molecule has 1 fully saturated rings. The first kappa shape index (κ1) is 7.84. The molecule has 2 aliphatic rings. The lowest BCUT2D eigenvalue weighted by Gasteiger charge is -2.30. The summed E-state index contributed by atoms with van der Waals surface area (Å²) in [5, 5.41) is 0. The van der Waals surface area contributed by atoms with Gasteiger partial charge in [0.05, 0.1) is 6.42 Å². The number of carbonyl (C=O) groups excluding carboxylic acids is 1. The number of carbonyl (C=O) groups is 1. The van der Waals surface area contributed by atoms with E-state index in [1.807, 2.05) is 0 Å². The summed E-state index contributed by atoms with van der Waals surface area (Å²) in [6.45, 7) is 4.25. The Bertz CT molecular complexity index is 255. The molecule has 0 aromatic rings. The van der Waals surface area contributed by atoms with Gasteiger partial charge in [-0.2, -0.15) is 0 Å². The summed E-state index contributed by atoms with van der Waals surface area (Å²) in [7, 11) is 0. The highest BCUT2D eigenvalue weighted by Crippen LogP contribution is 2.44. The second kappa shape index (κ2) is 2.35. The fourth-order valence-electron chi connectivity index (χ4n) is 2.05. The number of hydrogen-bond acceptors (Lipinski definition) is 2. The lowest BCUT2D eigenvalue weighted by atomic mass is 9.74. The van der Waals surface area contributed by atoms with Gasteiger partial charge in [-0.1, -0.05) is 12.5 Å². The molecule has 2 heteroatoms. The Morgan fingerprint density at radius 2 is 2.42 bits per heavy atom. The van der Waals surface area contributed by atoms with E-state index in [1.54, 1.807) is 0 Å². The Morgan fingerprint density at radius 1 is 1.67 bits per heavy atom. The molecule has 1 aliphatic heterocycles. The summed E-state index contributed by atoms with van der Waals surface area (Å²) in [5.74, 6) is -0.0338. The van der Waals surface area contributed by atoms with Gasteiger partial charge in [0.25, 0.3) is 0 Å². The van der Waals surface area contributed by atoms with Crippen LogP contribution < -0.4 is 0 Å². The highest BCUT2D eigenvalue weighted by atomic mass is 16.6. The average molecular weight is 166 g/mol. The van der Waals surface area contributed by atoms with Crippen LogP contribution >= 0.6 is 0 Å². The quantitative estimate of drug-likeness (QED) is 0.406. The second-order valence-corrected chi connectivity index (χ2v) is 4.25. The Labute approximate surface area is 72.6 Å². The van der Waals surface area contributed by atoms with Crippen LogP contribution in [0.5, 0.6) is 0 Å². The molecule has 1 saturated heterocycles. The number of rotatable bonds is 0. The number of ether oxygens (including phenoxy) is 1. The fraction of sp³-hybridized carbons (Fsp3) is 0.700. The monoisotopic (exact) mass is 166 g/mol. The van der Waals surface area contributed by atoms with Crippen LogP contribution in [0.15, 0.2) is 11.6 Å². The maximum atomic E-state index is 11.1. The number of esters is 1. The van der Waals surface area contributed by atoms with Gasteiger partial charge in [-0.3, -0.25) is 4.79 Å². The summed E-state index contributed by atoms with van der Waals surface area (Å²) >= 11 is 0. The van der Waals surface area contributed by atoms with Crippen LogP contribution in [-0.2, 0) is 9.53 Å². The van der Waals surface area contributed by atoms with Crippen molar-refractivity contribution in [3.8, 4) is 0 Å². The molecular formula is C10H14O2. The molecule has 0 amide bonds. The minimum Gasteiger partial charge on any atom is -0.457 e. The molecule has 0 aromatic carbocycles. The molecule has 0 aromatic heterocycles. The van der Waals surface area contributed by atoms with Gasteiger partial charge in [-0.25, -0.2) is 0 Å². The van der Waals surface area contributed by atoms with Gasteiger partial charge in [0.1, 0.15) is 6.10 Å². The SMILES string of the molecule is CC1=C[C@H]2OC(=O)C[C@@]2(C)CC1. The van der Waals surface area contributed by atoms with Crippen molar-refractivity contribution in [1.29, 1.82) is 0 Å². The first-order valence-electron chi connectivity index (χ1n) is 4.47. The summed E-state index contributed by atoms with van der Waals surface area (Å²) in [4.78, 5) is 11.1. The third kappa shape index (κ3) is 1.06. The van der Waals surface area contributed by atoms with Crippen LogP contribution in [0, 0.1) is 5.41 Å². The lowest BCUT2D eigenvalue weighted by molar-refractivity contribution is -0.140. The van der Waals surface area contributed by atoms with Crippen molar-refractivity contribution in [3.63, 3.8) is 0 Å². The Balaban J connectivity index is 2.28. The van der Waals surface area contributed by atoms with E-state index in [2.05, 4.69) is 19.9 Å². The molecule has 1 heterocycles. The van der Waals surface area contributed by atoms with Gasteiger partial charge >= 0.3 is 5.97 Å². The van der Waals surface area contributed by atoms with E-state index in [1.165, 1.54) is 5.57 Å². The molecule has 2 nitrogen and oxygen atoms in total. The number of hydrogen-bond donors (Lipinski definition) is 0. The molecule has 0 saturated carbocycles. The van der Waals surface area contributed by atoms with E-state index in [4.69, 9.17) is 4.74 Å². The molecule has 1 aliphatic carbocycles. The maximum Gasteiger partial charge on any atom is 0.307 e. The van der Waals surface area contributed by atoms with E-state index in [0.717, 1.165) is 12.8 Å². The Kier molecular flexibility index (Phi) is 1.53. The summed E-state index contributed by atoms with van der Waals surface area (Å²) in [6, 6.07) is 0. The predicted octanol–water partition coefficient (Wildman–Crippen LogP) is 2.05. The van der Waals surface area contributed by atoms with Gasteiger partial charge in [-0.05, 0) is 25.8 Å². The molecule has 2 rings (SSSR count). The number of allylic oxidation sites excluding steroid dienone is 1. The van der Waals surface area contributed by atoms with Crippen LogP contribution in [0.2, 0.25) is 0 Å². The highest BCUT2D eigenvalue weighted by Gasteiger charge is 2.45. The zero-order chi connectivity index (χ0) is 8.77. The van der Waals surface area contributed by atoms with Crippen LogP contribution in [0.25, 0.3) is 0 Å². The van der Waals surface area contributed by atoms with Gasteiger partial charge in [-0.15, -0.1) is 0 Å². The van der Waals surface area contributed by atoms with Crippen molar-refractivity contribution in [1.82, 2.24) is 0 Å². The van der Waals surface area contributed by atoms with E-state index >= 15 is 0 Å². The topological polar surface area (TPSA) is 26.3 Å². The van der Waals surface area contributed by atoms with Gasteiger partial charge in [0.15, 0.2) is 0 Å². The molecule has 2 atom stereocenters. The van der Waals surface area contributed by atoms with Crippen LogP contribution in [0.4, 0.5) is 0 Å². The molecule has 0 N–H and O–H groups in total. The van der Waals surface area contributed by atoms with Gasteiger partial charge in [0.2, 0.25) is 0 Å². The minimum atomic E-state index is -0.0338. The summed E-state index contributed by atoms with van der Waals surface area (Å²) < 4.78 is 5.22. The third-order valence-corrected chi connectivity index (χ3v) is 3.02. The predicted molar refractivity (Wildman–Crippen MR) is 45.6 cm³/mol. The van der Waals surface area contributed by atoms with Crippen molar-refractivity contribution < 1.29 is 9.53 Å². The van der Waals surface area contributed by atoms with E-state index in [9.17, 15) is 4.79 Å². The zero-order valence-corrected chi connectivity index (χ0v) is 7.59. The minimum absolute atomic E-state index is 0.0338. The second-order valence-electron chi connectivity index (χ2n) is 4.25. The van der Waals surface area contributed by atoms with E-state index in [-0.39, 0.29) is 17.5 Å². The zero-order valence-electron chi connectivity index (χ0n) is 7.59. The highest BCUT2D eigenvalue weighted by molar-refractivity contribution is 5.73. The van der Waals surface area contributed by atoms with Crippen molar-refractivity contribution in [2.45, 2.75) is 39.2 Å². The lowest BCUT2D eigenvalue weighted by Crippen LogP contribution is -2.29. The van der Waals surface area contributed by atoms with Gasteiger partial charge < -0.3 is 4.74 Å². The smallest absolute Gasteiger partial charge is 0.307 e. The first-order valence-corrected chi connectivity index (χ1v) is 4.47. The molecule has 0 unspecified atom stereocenters. The third-order valence-electron chi connectivity index (χ3n) is 3.02. The molecule has 0 radical (unpaired) electrons. The molecule has 0 bridgehead atoms. The summed E-state index contributed by atoms with van der Waals surface area (Å²) in [6.07, 6.45) is 4.96. The molecule has 66 valence electrons. The Morgan fingerprint density at radius 3 is 3.17 bits per heavy atom. The Hall–Kier alpha value is -0.790. The maximum absolute atomic E-state index is 11.1. The number of fused-ring (bicyclic) bond motifs is 1. The van der Waals surface area contributed by atoms with Crippen LogP contribution in [0.3, 0.4) is 0 Å². The standard InChI is InChI=1S/C10H14O2/c1-7-3-4-10(2)6-9(11)12-8(10)5-7/h5,8H,3-4,6H2,1-2H3/t8-,10-/m1/s1. The molecule has 0 spiro atoms. The summed E-state index contributed by atoms with van der Waals surface area (Å²) in [5.41, 5.74) is 1.45. The van der Waals surface area contributed by atoms with Gasteiger partial charge in [0, 0.05) is 5.41 Å².